The molecule has 13 aromatic carbocycles. The zero-order chi connectivity index (χ0) is 76.3. The number of hydrogen-bond donors (Lipinski definition) is 0. The van der Waals surface area contributed by atoms with Crippen molar-refractivity contribution in [2.45, 2.75) is 0 Å². The number of benzene rings is 13. The molecule has 0 spiro atoms. The first-order valence-corrected chi connectivity index (χ1v) is 29.8. The molecule has 0 saturated carbocycles. The molecule has 19 rings (SSSR count). The number of para-hydroxylation sites is 7. The summed E-state index contributed by atoms with van der Waals surface area (Å²) in [6.07, 6.45) is 0. The van der Waals surface area contributed by atoms with Crippen molar-refractivity contribution < 1.29 is 32.9 Å². The average Bonchev–Trinajstić information content (AvgIpc) is 1.63. The summed E-state index contributed by atoms with van der Waals surface area (Å²) in [6.45, 7) is -0.777. The quantitative estimate of drug-likeness (QED) is 0.152. The van der Waals surface area contributed by atoms with Crippen molar-refractivity contribution in [2.75, 3.05) is 4.90 Å². The maximum absolute atomic E-state index is 9.84. The summed E-state index contributed by atoms with van der Waals surface area (Å²) >= 11 is 0.637. The van der Waals surface area contributed by atoms with Gasteiger partial charge in [0.25, 0.3) is 0 Å². The van der Waals surface area contributed by atoms with E-state index in [-0.39, 0.29) is 76.8 Å². The van der Waals surface area contributed by atoms with E-state index >= 15 is 0 Å². The van der Waals surface area contributed by atoms with Crippen LogP contribution >= 0.6 is 11.3 Å². The molecular formula is C78H47BN4SSe. The molecule has 0 radical (unpaired) electrons. The maximum atomic E-state index is 9.84. The van der Waals surface area contributed by atoms with Crippen molar-refractivity contribution in [1.82, 2.24) is 13.7 Å². The monoisotopic (exact) mass is 1190 g/mol. The molecule has 7 heteroatoms. The Labute approximate surface area is 534 Å². The second kappa shape index (κ2) is 18.2. The SMILES string of the molecule is [2H]c1c([2H])c([2H])c2c(c1[2H])c1c([2H])c([2H])c([2H])c([2H])c1n2-c1ccc2c(c1)N(c1c(-c3ccccc3)cccc1-c1ccccc1)c1cc(-n3c4c([2H])c([2H])c([2H])c([2H])c4c4c([2H])c([2H])c([2H])c([2H])c43)cc3c1B2c1ccc2sc4ccc(-n5c6c([2H])c([2H])c([2H])c([2H])c6c6c([2H])c([2H])c([2H])c([2H])c65)cc4c2c1[Se]3. The molecule has 0 amide bonds. The van der Waals surface area contributed by atoms with Gasteiger partial charge in [0.15, 0.2) is 0 Å². The van der Waals surface area contributed by atoms with E-state index in [1.165, 1.54) is 25.0 Å². The molecule has 4 nitrogen and oxygen atoms in total. The van der Waals surface area contributed by atoms with Gasteiger partial charge in [0.2, 0.25) is 0 Å². The summed E-state index contributed by atoms with van der Waals surface area (Å²) in [5, 5.41) is 0.648. The van der Waals surface area contributed by atoms with Crippen molar-refractivity contribution in [3.63, 3.8) is 0 Å². The Morgan fingerprint density at radius 3 is 1.32 bits per heavy atom. The number of thiophene rings is 1. The van der Waals surface area contributed by atoms with Gasteiger partial charge in [-0.05, 0) is 0 Å². The molecule has 0 N–H and O–H groups in total. The van der Waals surface area contributed by atoms with Gasteiger partial charge in [-0.2, -0.15) is 0 Å². The van der Waals surface area contributed by atoms with Crippen LogP contribution in [0.25, 0.3) is 125 Å². The third-order valence-electron chi connectivity index (χ3n) is 16.6. The minimum absolute atomic E-state index is 0.0690. The number of hydrogen-bond acceptors (Lipinski definition) is 2. The van der Waals surface area contributed by atoms with E-state index in [0.717, 1.165) is 41.3 Å². The van der Waals surface area contributed by atoms with Crippen molar-refractivity contribution in [3.8, 4) is 39.3 Å². The van der Waals surface area contributed by atoms with Crippen LogP contribution in [0.1, 0.15) is 32.9 Å². The second-order valence-corrected chi connectivity index (χ2v) is 24.2. The predicted molar refractivity (Wildman–Crippen MR) is 364 cm³/mol. The van der Waals surface area contributed by atoms with E-state index in [4.69, 9.17) is 13.7 Å². The Morgan fingerprint density at radius 2 is 0.800 bits per heavy atom. The zero-order valence-electron chi connectivity index (χ0n) is 68.0. The number of anilines is 3. The van der Waals surface area contributed by atoms with Gasteiger partial charge >= 0.3 is 534 Å². The van der Waals surface area contributed by atoms with Gasteiger partial charge in [-0.3, -0.25) is 0 Å². The molecule has 2 aliphatic rings. The van der Waals surface area contributed by atoms with Crippen LogP contribution in [-0.4, -0.2) is 35.4 Å². The molecule has 17 aromatic rings. The standard InChI is InChI=1S/C78H47BN4SSe/c1-3-20-48(21-4-1)53-30-19-31-54(49-22-5-2-6-23-49)77(53)83-70-45-51(81-66-34-15-9-26-57(66)58-27-10-16-35-67(58)81)38-40-62(70)79-63-41-43-73-75(61-44-50(39-42-72(61)84-73)80-64-32-13-7-24-55(64)56-25-8-14-33-65(56)80)78(63)85-74-47-52(46-71(83)76(74)79)82-68-36-17-11-28-59(68)60-29-12-18-37-69(60)82/h1-47H/i7D,8D,9D,10D,11D,12D,13D,14D,15D,16D,17D,18D,24D,25D,26D,27D,28D,29D,32D,33D,34D,35D,36D,37D. The Bertz CT molecular complexity index is 6870. The third-order valence-corrected chi connectivity index (χ3v) is 20.3. The Kier molecular flexibility index (Phi) is 6.40. The van der Waals surface area contributed by atoms with Gasteiger partial charge in [-0.15, -0.1) is 0 Å². The molecular weight excluding hydrogens is 1110 g/mol. The molecule has 0 unspecified atom stereocenters. The first-order valence-electron chi connectivity index (χ1n) is 39.2. The fourth-order valence-electron chi connectivity index (χ4n) is 13.2. The topological polar surface area (TPSA) is 18.0 Å². The van der Waals surface area contributed by atoms with E-state index in [2.05, 4.69) is 11.0 Å². The summed E-state index contributed by atoms with van der Waals surface area (Å²) in [5.41, 5.74) is 6.77. The molecule has 0 saturated heterocycles. The average molecular weight is 1190 g/mol. The number of rotatable bonds is 6. The van der Waals surface area contributed by atoms with Crippen LogP contribution in [0.2, 0.25) is 0 Å². The van der Waals surface area contributed by atoms with Crippen LogP contribution in [0.4, 0.5) is 17.1 Å². The van der Waals surface area contributed by atoms with Crippen LogP contribution in [0, 0.1) is 0 Å². The van der Waals surface area contributed by atoms with Gasteiger partial charge in [0.1, 0.15) is 0 Å². The number of nitrogens with zero attached hydrogens (tertiary/aromatic N) is 4. The van der Waals surface area contributed by atoms with Crippen molar-refractivity contribution in [1.29, 1.82) is 0 Å². The summed E-state index contributed by atoms with van der Waals surface area (Å²) in [7, 11) is 0. The summed E-state index contributed by atoms with van der Waals surface area (Å²) in [5.74, 6) is 0. The fraction of sp³-hybridized carbons (Fsp3) is 0. The molecule has 0 fully saturated rings. The van der Waals surface area contributed by atoms with Gasteiger partial charge in [-0.25, -0.2) is 0 Å². The first kappa shape index (κ1) is 29.9. The van der Waals surface area contributed by atoms with E-state index in [9.17, 15) is 19.2 Å². The fourth-order valence-corrected chi connectivity index (χ4v) is 17.3. The van der Waals surface area contributed by atoms with Crippen molar-refractivity contribution in [2.24, 2.45) is 0 Å². The number of aromatic nitrogens is 3. The van der Waals surface area contributed by atoms with Gasteiger partial charge < -0.3 is 0 Å². The predicted octanol–water partition coefficient (Wildman–Crippen LogP) is 16.9. The van der Waals surface area contributed by atoms with Crippen molar-refractivity contribution >= 4 is 161 Å². The third kappa shape index (κ3) is 6.80. The Balaban J connectivity index is 0.997. The van der Waals surface area contributed by atoms with Crippen LogP contribution in [0.3, 0.4) is 0 Å². The van der Waals surface area contributed by atoms with E-state index in [1.54, 1.807) is 12.1 Å². The summed E-state index contributed by atoms with van der Waals surface area (Å²) in [6, 6.07) is 30.6. The summed E-state index contributed by atoms with van der Waals surface area (Å²) in [4.78, 5) is 2.08. The summed E-state index contributed by atoms with van der Waals surface area (Å²) < 4.78 is 230. The van der Waals surface area contributed by atoms with E-state index in [1.807, 2.05) is 121 Å². The van der Waals surface area contributed by atoms with Crippen LogP contribution < -0.4 is 30.2 Å². The molecule has 2 aliphatic heterocycles. The van der Waals surface area contributed by atoms with E-state index < -0.39 is 167 Å². The molecule has 0 bridgehead atoms. The van der Waals surface area contributed by atoms with Gasteiger partial charge in [0.05, 0.1) is 2.74 Å². The molecule has 85 heavy (non-hydrogen) atoms. The Hall–Kier alpha value is -10.1. The van der Waals surface area contributed by atoms with Crippen LogP contribution in [0.5, 0.6) is 0 Å². The van der Waals surface area contributed by atoms with Crippen LogP contribution in [0.15, 0.2) is 285 Å². The molecule has 0 atom stereocenters. The molecule has 4 aromatic heterocycles. The van der Waals surface area contributed by atoms with Gasteiger partial charge in [0, 0.05) is 0 Å². The second-order valence-electron chi connectivity index (χ2n) is 20.9. The van der Waals surface area contributed by atoms with Crippen molar-refractivity contribution in [3.05, 3.63) is 285 Å². The minimum atomic E-state index is -0.836. The van der Waals surface area contributed by atoms with Gasteiger partial charge in [-0.1, -0.05) is 0 Å². The molecule has 394 valence electrons. The first-order chi connectivity index (χ1) is 52.2. The van der Waals surface area contributed by atoms with Crippen LogP contribution in [-0.2, 0) is 0 Å². The molecule has 6 heterocycles. The van der Waals surface area contributed by atoms with E-state index in [0.29, 0.717) is 49.2 Å². The molecule has 0 aliphatic carbocycles. The Morgan fingerprint density at radius 1 is 0.365 bits per heavy atom. The zero-order valence-corrected chi connectivity index (χ0v) is 46.5. The number of fused-ring (bicyclic) bond motifs is 17. The normalized spacial score (nSPS) is 16.8.